The minimum atomic E-state index is 0.716. The summed E-state index contributed by atoms with van der Waals surface area (Å²) in [7, 11) is 4.89. The van der Waals surface area contributed by atoms with Crippen molar-refractivity contribution >= 4 is 0 Å². The molecule has 2 radical (unpaired) electrons. The van der Waals surface area contributed by atoms with Crippen molar-refractivity contribution in [2.24, 2.45) is 0 Å². The van der Waals surface area contributed by atoms with Crippen molar-refractivity contribution < 1.29 is 4.74 Å². The van der Waals surface area contributed by atoms with Crippen LogP contribution in [0.3, 0.4) is 0 Å². The van der Waals surface area contributed by atoms with E-state index in [9.17, 15) is 0 Å². The van der Waals surface area contributed by atoms with Gasteiger partial charge in [0.05, 0.1) is 0 Å². The van der Waals surface area contributed by atoms with Gasteiger partial charge in [0.1, 0.15) is 7.11 Å². The minimum Gasteiger partial charge on any atom is -0.373 e. The molecule has 0 aromatic heterocycles. The van der Waals surface area contributed by atoms with Gasteiger partial charge in [-0.25, -0.2) is 0 Å². The summed E-state index contributed by atoms with van der Waals surface area (Å²) in [6, 6.07) is 0. The fourth-order valence-corrected chi connectivity index (χ4v) is 1.14. The van der Waals surface area contributed by atoms with Gasteiger partial charge in [-0.15, -0.1) is 0 Å². The molecular weight excluding hydrogens is 136 g/mol. The molecule has 1 nitrogen and oxygen atoms in total. The molecule has 0 N–H and O–H groups in total. The highest BCUT2D eigenvalue weighted by Gasteiger charge is 1.89. The number of hydrogen-bond donors (Lipinski definition) is 0. The summed E-state index contributed by atoms with van der Waals surface area (Å²) in [5.74, 6) is 0. The molecule has 0 aromatic carbocycles. The first kappa shape index (κ1) is 11.0. The monoisotopic (exact) mass is 156 g/mol. The Balaban J connectivity index is 2.69. The first-order valence-electron chi connectivity index (χ1n) is 4.73. The van der Waals surface area contributed by atoms with Gasteiger partial charge >= 0.3 is 0 Å². The molecule has 0 aromatic rings. The summed E-state index contributed by atoms with van der Waals surface area (Å²) in [4.78, 5) is 0. The predicted octanol–water partition coefficient (Wildman–Crippen LogP) is 3.42. The predicted molar refractivity (Wildman–Crippen MR) is 48.2 cm³/mol. The normalized spacial score (nSPS) is 10.4. The second-order valence-corrected chi connectivity index (χ2v) is 2.99. The Morgan fingerprint density at radius 3 is 2.00 bits per heavy atom. The maximum absolute atomic E-state index is 4.89. The van der Waals surface area contributed by atoms with E-state index in [1.807, 2.05) is 0 Å². The molecule has 0 heterocycles. The molecular formula is C10H20O. The van der Waals surface area contributed by atoms with E-state index in [1.165, 1.54) is 38.5 Å². The lowest BCUT2D eigenvalue weighted by Crippen LogP contribution is -1.86. The van der Waals surface area contributed by atoms with E-state index in [0.29, 0.717) is 6.61 Å². The van der Waals surface area contributed by atoms with Crippen LogP contribution in [0.5, 0.6) is 0 Å². The quantitative estimate of drug-likeness (QED) is 0.489. The molecule has 0 spiro atoms. The van der Waals surface area contributed by atoms with Gasteiger partial charge in [-0.3, -0.25) is 0 Å². The van der Waals surface area contributed by atoms with Crippen molar-refractivity contribution in [2.45, 2.75) is 51.9 Å². The molecule has 0 saturated heterocycles. The fourth-order valence-electron chi connectivity index (χ4n) is 1.14. The summed E-state index contributed by atoms with van der Waals surface area (Å²) < 4.78 is 4.47. The maximum Gasteiger partial charge on any atom is 0.115 e. The molecule has 0 atom stereocenters. The number of unbranched alkanes of at least 4 members (excludes halogenated alkanes) is 6. The van der Waals surface area contributed by atoms with Crippen LogP contribution in [-0.2, 0) is 4.74 Å². The van der Waals surface area contributed by atoms with Crippen LogP contribution in [0, 0.1) is 7.11 Å². The van der Waals surface area contributed by atoms with Gasteiger partial charge in [0.25, 0.3) is 0 Å². The smallest absolute Gasteiger partial charge is 0.115 e. The SMILES string of the molecule is [CH]OCCCCCCCCC. The van der Waals surface area contributed by atoms with Crippen LogP contribution in [0.15, 0.2) is 0 Å². The van der Waals surface area contributed by atoms with Gasteiger partial charge < -0.3 is 4.74 Å². The largest absolute Gasteiger partial charge is 0.373 e. The lowest BCUT2D eigenvalue weighted by Gasteiger charge is -1.99. The van der Waals surface area contributed by atoms with E-state index in [-0.39, 0.29) is 0 Å². The Kier molecular flexibility index (Phi) is 9.92. The van der Waals surface area contributed by atoms with Crippen molar-refractivity contribution in [3.05, 3.63) is 7.11 Å². The molecule has 66 valence electrons. The van der Waals surface area contributed by atoms with Crippen LogP contribution in [0.2, 0.25) is 0 Å². The highest BCUT2D eigenvalue weighted by molar-refractivity contribution is 4.44. The first-order valence-corrected chi connectivity index (χ1v) is 4.73. The maximum atomic E-state index is 4.89. The zero-order valence-electron chi connectivity index (χ0n) is 7.64. The van der Waals surface area contributed by atoms with Gasteiger partial charge in [-0.05, 0) is 6.42 Å². The molecule has 0 unspecified atom stereocenters. The van der Waals surface area contributed by atoms with Crippen LogP contribution in [0.1, 0.15) is 51.9 Å². The summed E-state index contributed by atoms with van der Waals surface area (Å²) in [6.07, 6.45) is 9.19. The molecule has 1 heteroatoms. The highest BCUT2D eigenvalue weighted by Crippen LogP contribution is 2.06. The van der Waals surface area contributed by atoms with E-state index >= 15 is 0 Å². The van der Waals surface area contributed by atoms with Gasteiger partial charge in [-0.1, -0.05) is 45.4 Å². The summed E-state index contributed by atoms with van der Waals surface area (Å²) in [5.41, 5.74) is 0. The molecule has 0 saturated carbocycles. The Morgan fingerprint density at radius 1 is 0.909 bits per heavy atom. The highest BCUT2D eigenvalue weighted by atomic mass is 16.5. The molecule has 0 fully saturated rings. The zero-order chi connectivity index (χ0) is 8.36. The molecule has 0 rings (SSSR count). The lowest BCUT2D eigenvalue weighted by atomic mass is 10.1. The summed E-state index contributed by atoms with van der Waals surface area (Å²) in [5, 5.41) is 0. The van der Waals surface area contributed by atoms with Crippen LogP contribution < -0.4 is 0 Å². The van der Waals surface area contributed by atoms with E-state index in [2.05, 4.69) is 11.7 Å². The molecule has 0 amide bonds. The second-order valence-electron chi connectivity index (χ2n) is 2.99. The van der Waals surface area contributed by atoms with Crippen LogP contribution in [0.4, 0.5) is 0 Å². The minimum absolute atomic E-state index is 0.716. The average molecular weight is 156 g/mol. The molecule has 11 heavy (non-hydrogen) atoms. The van der Waals surface area contributed by atoms with Crippen molar-refractivity contribution in [3.8, 4) is 0 Å². The first-order chi connectivity index (χ1) is 5.41. The van der Waals surface area contributed by atoms with Crippen LogP contribution in [0.25, 0.3) is 0 Å². The molecule has 0 aliphatic heterocycles. The van der Waals surface area contributed by atoms with Crippen molar-refractivity contribution in [2.75, 3.05) is 6.61 Å². The third-order valence-electron chi connectivity index (χ3n) is 1.87. The van der Waals surface area contributed by atoms with E-state index < -0.39 is 0 Å². The standard InChI is InChI=1S/C10H20O/c1-3-4-5-6-7-8-9-10-11-2/h2H,3-10H2,1H3. The number of hydrogen-bond acceptors (Lipinski definition) is 1. The van der Waals surface area contributed by atoms with Crippen molar-refractivity contribution in [1.82, 2.24) is 0 Å². The Bertz CT molecular complexity index is 53.9. The average Bonchev–Trinajstić information content (AvgIpc) is 2.03. The van der Waals surface area contributed by atoms with E-state index in [1.54, 1.807) is 0 Å². The Hall–Kier alpha value is -0.0400. The summed E-state index contributed by atoms with van der Waals surface area (Å²) in [6.45, 7) is 2.95. The molecule has 0 aliphatic rings. The van der Waals surface area contributed by atoms with Crippen molar-refractivity contribution in [1.29, 1.82) is 0 Å². The Morgan fingerprint density at radius 2 is 1.45 bits per heavy atom. The van der Waals surface area contributed by atoms with Crippen molar-refractivity contribution in [3.63, 3.8) is 0 Å². The second kappa shape index (κ2) is 9.96. The third-order valence-corrected chi connectivity index (χ3v) is 1.87. The van der Waals surface area contributed by atoms with E-state index in [0.717, 1.165) is 6.42 Å². The Labute approximate surface area is 71.1 Å². The third kappa shape index (κ3) is 9.96. The van der Waals surface area contributed by atoms with Gasteiger partial charge in [0.2, 0.25) is 0 Å². The van der Waals surface area contributed by atoms with E-state index in [4.69, 9.17) is 7.11 Å². The van der Waals surface area contributed by atoms with Gasteiger partial charge in [0, 0.05) is 6.61 Å². The molecule has 0 aliphatic carbocycles. The van der Waals surface area contributed by atoms with Gasteiger partial charge in [0.15, 0.2) is 0 Å². The zero-order valence-corrected chi connectivity index (χ0v) is 7.64. The van der Waals surface area contributed by atoms with Crippen LogP contribution >= 0.6 is 0 Å². The van der Waals surface area contributed by atoms with Crippen LogP contribution in [-0.4, -0.2) is 6.61 Å². The molecule has 0 bridgehead atoms. The lowest BCUT2D eigenvalue weighted by molar-refractivity contribution is 0.233. The summed E-state index contributed by atoms with van der Waals surface area (Å²) >= 11 is 0. The number of rotatable bonds is 8. The fraction of sp³-hybridized carbons (Fsp3) is 0.900. The number of ether oxygens (including phenoxy) is 1. The van der Waals surface area contributed by atoms with Gasteiger partial charge in [-0.2, -0.15) is 0 Å². The topological polar surface area (TPSA) is 9.23 Å².